The summed E-state index contributed by atoms with van der Waals surface area (Å²) in [5.74, 6) is 0.422. The van der Waals surface area contributed by atoms with Gasteiger partial charge in [0.15, 0.2) is 0 Å². The van der Waals surface area contributed by atoms with Crippen LogP contribution < -0.4 is 14.4 Å². The summed E-state index contributed by atoms with van der Waals surface area (Å²) in [4.78, 5) is 13.0. The zero-order chi connectivity index (χ0) is 14.2. The first-order valence-electron chi connectivity index (χ1n) is 6.17. The van der Waals surface area contributed by atoms with Crippen molar-refractivity contribution in [3.8, 4) is 11.5 Å². The van der Waals surface area contributed by atoms with Crippen LogP contribution in [0.25, 0.3) is 0 Å². The van der Waals surface area contributed by atoms with Crippen LogP contribution in [0.4, 0.5) is 5.69 Å². The Labute approximate surface area is 112 Å². The maximum atomic E-state index is 11.0. The van der Waals surface area contributed by atoms with Gasteiger partial charge in [0.05, 0.1) is 25.8 Å². The van der Waals surface area contributed by atoms with Crippen LogP contribution in [0, 0.1) is 12.8 Å². The smallest absolute Gasteiger partial charge is 0.308 e. The van der Waals surface area contributed by atoms with Crippen molar-refractivity contribution >= 4 is 11.7 Å². The van der Waals surface area contributed by atoms with Gasteiger partial charge in [-0.1, -0.05) is 0 Å². The molecule has 0 bridgehead atoms. The van der Waals surface area contributed by atoms with Gasteiger partial charge in [0.25, 0.3) is 0 Å². The molecule has 1 N–H and O–H groups in total. The number of benzene rings is 1. The standard InChI is InChI=1S/C14H19NO4/c1-8-5-9(18-3)6-12(19-4)13(8)15(2)11-7-10(11)14(16)17/h5-6,10-11H,7H2,1-4H3,(H,16,17). The molecule has 2 unspecified atom stereocenters. The minimum absolute atomic E-state index is 0.0403. The topological polar surface area (TPSA) is 59.0 Å². The molecule has 1 aromatic rings. The summed E-state index contributed by atoms with van der Waals surface area (Å²) in [6.07, 6.45) is 0.681. The van der Waals surface area contributed by atoms with E-state index in [1.165, 1.54) is 0 Å². The van der Waals surface area contributed by atoms with E-state index >= 15 is 0 Å². The molecule has 0 aromatic heterocycles. The fraction of sp³-hybridized carbons (Fsp3) is 0.500. The highest BCUT2D eigenvalue weighted by molar-refractivity contribution is 5.77. The van der Waals surface area contributed by atoms with E-state index in [1.54, 1.807) is 14.2 Å². The molecule has 1 saturated carbocycles. The van der Waals surface area contributed by atoms with Crippen molar-refractivity contribution in [2.75, 3.05) is 26.2 Å². The number of hydrogen-bond donors (Lipinski definition) is 1. The van der Waals surface area contributed by atoms with Crippen LogP contribution in [0.1, 0.15) is 12.0 Å². The lowest BCUT2D eigenvalue weighted by atomic mass is 10.1. The average Bonchev–Trinajstić information content (AvgIpc) is 3.17. The largest absolute Gasteiger partial charge is 0.497 e. The Kier molecular flexibility index (Phi) is 3.55. The summed E-state index contributed by atoms with van der Waals surface area (Å²) in [5.41, 5.74) is 1.94. The summed E-state index contributed by atoms with van der Waals surface area (Å²) in [5, 5.41) is 9.02. The fourth-order valence-corrected chi connectivity index (χ4v) is 2.48. The molecule has 1 fully saturated rings. The lowest BCUT2D eigenvalue weighted by molar-refractivity contribution is -0.138. The van der Waals surface area contributed by atoms with Gasteiger partial charge >= 0.3 is 5.97 Å². The maximum absolute atomic E-state index is 11.0. The van der Waals surface area contributed by atoms with Crippen LogP contribution in [0.2, 0.25) is 0 Å². The van der Waals surface area contributed by atoms with E-state index in [0.29, 0.717) is 12.2 Å². The van der Waals surface area contributed by atoms with E-state index in [-0.39, 0.29) is 12.0 Å². The van der Waals surface area contributed by atoms with Crippen molar-refractivity contribution in [3.63, 3.8) is 0 Å². The Bertz CT molecular complexity index is 500. The molecule has 0 saturated heterocycles. The van der Waals surface area contributed by atoms with Crippen LogP contribution in [-0.4, -0.2) is 38.4 Å². The Morgan fingerprint density at radius 3 is 2.53 bits per heavy atom. The lowest BCUT2D eigenvalue weighted by Crippen LogP contribution is -2.24. The zero-order valence-corrected chi connectivity index (χ0v) is 11.6. The third-order valence-corrected chi connectivity index (χ3v) is 3.62. The molecule has 1 aromatic carbocycles. The molecule has 0 heterocycles. The van der Waals surface area contributed by atoms with Crippen LogP contribution >= 0.6 is 0 Å². The van der Waals surface area contributed by atoms with Gasteiger partial charge in [0, 0.05) is 19.2 Å². The molecular weight excluding hydrogens is 246 g/mol. The Hall–Kier alpha value is -1.91. The fourth-order valence-electron chi connectivity index (χ4n) is 2.48. The highest BCUT2D eigenvalue weighted by Crippen LogP contribution is 2.43. The van der Waals surface area contributed by atoms with Gasteiger partial charge in [-0.05, 0) is 25.0 Å². The van der Waals surface area contributed by atoms with Gasteiger partial charge in [-0.2, -0.15) is 0 Å². The highest BCUT2D eigenvalue weighted by Gasteiger charge is 2.46. The van der Waals surface area contributed by atoms with Crippen LogP contribution in [0.15, 0.2) is 12.1 Å². The molecule has 0 amide bonds. The summed E-state index contributed by atoms with van der Waals surface area (Å²) < 4.78 is 10.6. The van der Waals surface area contributed by atoms with Gasteiger partial charge in [-0.3, -0.25) is 4.79 Å². The molecule has 1 aliphatic rings. The van der Waals surface area contributed by atoms with Gasteiger partial charge < -0.3 is 19.5 Å². The van der Waals surface area contributed by atoms with E-state index < -0.39 is 5.97 Å². The third-order valence-electron chi connectivity index (χ3n) is 3.62. The number of carboxylic acid groups (broad SMARTS) is 1. The Morgan fingerprint density at radius 1 is 1.37 bits per heavy atom. The molecule has 0 aliphatic heterocycles. The minimum Gasteiger partial charge on any atom is -0.497 e. The summed E-state index contributed by atoms with van der Waals surface area (Å²) in [6.45, 7) is 1.97. The molecule has 104 valence electrons. The molecule has 5 heteroatoms. The quantitative estimate of drug-likeness (QED) is 0.881. The first-order chi connectivity index (χ1) is 8.99. The number of ether oxygens (including phenoxy) is 2. The molecule has 19 heavy (non-hydrogen) atoms. The number of rotatable bonds is 5. The van der Waals surface area contributed by atoms with Gasteiger partial charge in [-0.15, -0.1) is 0 Å². The number of carboxylic acids is 1. The van der Waals surface area contributed by atoms with Crippen molar-refractivity contribution < 1.29 is 19.4 Å². The number of methoxy groups -OCH3 is 2. The molecule has 0 radical (unpaired) electrons. The van der Waals surface area contributed by atoms with E-state index in [0.717, 1.165) is 17.0 Å². The van der Waals surface area contributed by atoms with Crippen molar-refractivity contribution in [2.45, 2.75) is 19.4 Å². The number of nitrogens with zero attached hydrogens (tertiary/aromatic N) is 1. The number of hydrogen-bond acceptors (Lipinski definition) is 4. The zero-order valence-electron chi connectivity index (χ0n) is 11.6. The molecule has 0 spiro atoms. The lowest BCUT2D eigenvalue weighted by Gasteiger charge is -2.24. The van der Waals surface area contributed by atoms with Crippen LogP contribution in [-0.2, 0) is 4.79 Å². The van der Waals surface area contributed by atoms with Crippen LogP contribution in [0.3, 0.4) is 0 Å². The first kappa shape index (κ1) is 13.5. The van der Waals surface area contributed by atoms with Crippen LogP contribution in [0.5, 0.6) is 11.5 Å². The summed E-state index contributed by atoms with van der Waals surface area (Å²) in [7, 11) is 5.12. The summed E-state index contributed by atoms with van der Waals surface area (Å²) >= 11 is 0. The number of anilines is 1. The number of aryl methyl sites for hydroxylation is 1. The van der Waals surface area contributed by atoms with E-state index in [2.05, 4.69) is 0 Å². The molecular formula is C14H19NO4. The van der Waals surface area contributed by atoms with Gasteiger partial charge in [0.1, 0.15) is 11.5 Å². The Balaban J connectivity index is 2.31. The van der Waals surface area contributed by atoms with Crippen molar-refractivity contribution in [2.24, 2.45) is 5.92 Å². The Morgan fingerprint density at radius 2 is 2.05 bits per heavy atom. The normalized spacial score (nSPS) is 20.8. The second-order valence-corrected chi connectivity index (χ2v) is 4.85. The minimum atomic E-state index is -0.734. The van der Waals surface area contributed by atoms with E-state index in [1.807, 2.05) is 31.0 Å². The second kappa shape index (κ2) is 4.99. The first-order valence-corrected chi connectivity index (χ1v) is 6.17. The second-order valence-electron chi connectivity index (χ2n) is 4.85. The van der Waals surface area contributed by atoms with Crippen molar-refractivity contribution in [1.29, 1.82) is 0 Å². The predicted molar refractivity (Wildman–Crippen MR) is 72.2 cm³/mol. The van der Waals surface area contributed by atoms with E-state index in [4.69, 9.17) is 14.6 Å². The summed E-state index contributed by atoms with van der Waals surface area (Å²) in [6, 6.07) is 3.78. The highest BCUT2D eigenvalue weighted by atomic mass is 16.5. The molecule has 2 atom stereocenters. The maximum Gasteiger partial charge on any atom is 0.308 e. The SMILES string of the molecule is COc1cc(C)c(N(C)C2CC2C(=O)O)c(OC)c1. The van der Waals surface area contributed by atoms with Gasteiger partial charge in [-0.25, -0.2) is 0 Å². The molecule has 5 nitrogen and oxygen atoms in total. The van der Waals surface area contributed by atoms with E-state index in [9.17, 15) is 4.79 Å². The third kappa shape index (κ3) is 2.45. The van der Waals surface area contributed by atoms with Crippen molar-refractivity contribution in [1.82, 2.24) is 0 Å². The molecule has 2 rings (SSSR count). The monoisotopic (exact) mass is 265 g/mol. The number of carbonyl (C=O) groups is 1. The van der Waals surface area contributed by atoms with Gasteiger partial charge in [0.2, 0.25) is 0 Å². The number of aliphatic carboxylic acids is 1. The average molecular weight is 265 g/mol. The molecule has 1 aliphatic carbocycles. The predicted octanol–water partition coefficient (Wildman–Crippen LogP) is 1.92. The van der Waals surface area contributed by atoms with Crippen molar-refractivity contribution in [3.05, 3.63) is 17.7 Å².